The molecule has 1 aliphatic heterocycles. The van der Waals surface area contributed by atoms with Gasteiger partial charge >= 0.3 is 0 Å². The van der Waals surface area contributed by atoms with Crippen LogP contribution in [0.4, 0.5) is 0 Å². The fraction of sp³-hybridized carbons (Fsp3) is 1.00. The second-order valence-electron chi connectivity index (χ2n) is 6.35. The smallest absolute Gasteiger partial charge is 0.193 e. The van der Waals surface area contributed by atoms with Gasteiger partial charge in [0.2, 0.25) is 0 Å². The summed E-state index contributed by atoms with van der Waals surface area (Å²) in [5.41, 5.74) is -0.627. The Morgan fingerprint density at radius 3 is 2.05 bits per heavy atom. The van der Waals surface area contributed by atoms with Crippen molar-refractivity contribution in [2.45, 2.75) is 64.1 Å². The number of aliphatic hydroxyl groups is 4. The Labute approximate surface area is 115 Å². The number of aliphatic hydroxyl groups excluding tert-OH is 4. The highest BCUT2D eigenvalue weighted by Crippen LogP contribution is 2.44. The van der Waals surface area contributed by atoms with Crippen molar-refractivity contribution in [2.75, 3.05) is 6.61 Å². The molecular weight excluding hydrogens is 268 g/mol. The molecule has 0 spiro atoms. The molecule has 19 heavy (non-hydrogen) atoms. The molecule has 0 aromatic rings. The van der Waals surface area contributed by atoms with Gasteiger partial charge in [-0.3, -0.25) is 0 Å². The quantitative estimate of drug-likeness (QED) is 0.509. The van der Waals surface area contributed by atoms with E-state index >= 15 is 0 Å². The molecule has 1 heterocycles. The molecule has 114 valence electrons. The van der Waals surface area contributed by atoms with E-state index in [0.717, 1.165) is 0 Å². The van der Waals surface area contributed by atoms with Gasteiger partial charge < -0.3 is 29.6 Å². The normalized spacial score (nSPS) is 40.7. The molecule has 1 saturated heterocycles. The summed E-state index contributed by atoms with van der Waals surface area (Å²) in [6.45, 7) is 8.87. The molecule has 7 heteroatoms. The lowest BCUT2D eigenvalue weighted by Gasteiger charge is -2.55. The minimum atomic E-state index is -1.59. The van der Waals surface area contributed by atoms with E-state index in [-0.39, 0.29) is 0 Å². The molecule has 0 unspecified atom stereocenters. The summed E-state index contributed by atoms with van der Waals surface area (Å²) in [5.74, 6) is -1.43. The van der Waals surface area contributed by atoms with E-state index in [1.807, 2.05) is 33.9 Å². The van der Waals surface area contributed by atoms with E-state index in [4.69, 9.17) is 9.16 Å². The lowest BCUT2D eigenvalue weighted by molar-refractivity contribution is -0.372. The lowest BCUT2D eigenvalue weighted by Crippen LogP contribution is -2.71. The van der Waals surface area contributed by atoms with Crippen molar-refractivity contribution in [1.29, 1.82) is 0 Å². The Kier molecular flexibility index (Phi) is 5.17. The van der Waals surface area contributed by atoms with Gasteiger partial charge in [-0.15, -0.1) is 0 Å². The van der Waals surface area contributed by atoms with Crippen molar-refractivity contribution in [3.63, 3.8) is 0 Å². The Hall–Kier alpha value is -0.0231. The highest BCUT2D eigenvalue weighted by atomic mass is 28.3. The minimum Gasteiger partial charge on any atom is -0.394 e. The molecule has 0 aromatic heterocycles. The fourth-order valence-electron chi connectivity index (χ4n) is 2.39. The lowest BCUT2D eigenvalue weighted by atomic mass is 9.77. The van der Waals surface area contributed by atoms with E-state index in [2.05, 4.69) is 0 Å². The molecule has 5 atom stereocenters. The van der Waals surface area contributed by atoms with Crippen molar-refractivity contribution in [2.24, 2.45) is 5.41 Å². The molecule has 6 nitrogen and oxygen atoms in total. The van der Waals surface area contributed by atoms with E-state index in [1.165, 1.54) is 0 Å². The zero-order chi connectivity index (χ0) is 15.0. The van der Waals surface area contributed by atoms with Crippen LogP contribution in [0.2, 0.25) is 13.1 Å². The Bertz CT molecular complexity index is 303. The molecule has 1 aliphatic rings. The van der Waals surface area contributed by atoms with Gasteiger partial charge in [0.25, 0.3) is 0 Å². The van der Waals surface area contributed by atoms with Crippen LogP contribution in [0.15, 0.2) is 0 Å². The monoisotopic (exact) mass is 294 g/mol. The van der Waals surface area contributed by atoms with Crippen LogP contribution < -0.4 is 0 Å². The van der Waals surface area contributed by atoms with Crippen LogP contribution in [0.5, 0.6) is 0 Å². The summed E-state index contributed by atoms with van der Waals surface area (Å²) < 4.78 is 11.6. The maximum absolute atomic E-state index is 10.3. The van der Waals surface area contributed by atoms with E-state index in [1.54, 1.807) is 0 Å². The van der Waals surface area contributed by atoms with Crippen LogP contribution in [0.1, 0.15) is 20.8 Å². The highest BCUT2D eigenvalue weighted by molar-refractivity contribution is 6.48. The molecular formula is C12H26O6Si. The van der Waals surface area contributed by atoms with Gasteiger partial charge in [-0.05, 0) is 13.1 Å². The summed E-state index contributed by atoms with van der Waals surface area (Å²) in [4.78, 5) is 0. The number of hydrogen-bond acceptors (Lipinski definition) is 6. The molecule has 0 aromatic carbocycles. The van der Waals surface area contributed by atoms with Gasteiger partial charge in [0.05, 0.1) is 6.61 Å². The van der Waals surface area contributed by atoms with Crippen molar-refractivity contribution in [1.82, 2.24) is 0 Å². The van der Waals surface area contributed by atoms with Gasteiger partial charge in [-0.1, -0.05) is 20.8 Å². The average Bonchev–Trinajstić information content (AvgIpc) is 2.28. The summed E-state index contributed by atoms with van der Waals surface area (Å²) in [6, 6.07) is 0. The van der Waals surface area contributed by atoms with Crippen LogP contribution >= 0.6 is 0 Å². The molecule has 1 fully saturated rings. The average molecular weight is 294 g/mol. The van der Waals surface area contributed by atoms with Crippen molar-refractivity contribution < 1.29 is 29.6 Å². The molecule has 1 rings (SSSR count). The second kappa shape index (κ2) is 5.77. The van der Waals surface area contributed by atoms with Gasteiger partial charge in [0.1, 0.15) is 24.4 Å². The van der Waals surface area contributed by atoms with Gasteiger partial charge in [-0.2, -0.15) is 0 Å². The van der Waals surface area contributed by atoms with Crippen LogP contribution in [0.25, 0.3) is 0 Å². The molecule has 0 amide bonds. The summed E-state index contributed by atoms with van der Waals surface area (Å²) >= 11 is 0. The molecule has 0 saturated carbocycles. The first-order valence-corrected chi connectivity index (χ1v) is 9.35. The third-order valence-corrected chi connectivity index (χ3v) is 4.23. The van der Waals surface area contributed by atoms with Crippen molar-refractivity contribution in [3.05, 3.63) is 0 Å². The third-order valence-electron chi connectivity index (χ3n) is 3.41. The third kappa shape index (κ3) is 3.02. The highest BCUT2D eigenvalue weighted by Gasteiger charge is 2.60. The maximum Gasteiger partial charge on any atom is 0.193 e. The zero-order valence-corrected chi connectivity index (χ0v) is 13.4. The van der Waals surface area contributed by atoms with E-state index in [9.17, 15) is 20.4 Å². The summed E-state index contributed by atoms with van der Waals surface area (Å²) in [5, 5.41) is 39.4. The van der Waals surface area contributed by atoms with E-state index < -0.39 is 51.3 Å². The predicted molar refractivity (Wildman–Crippen MR) is 72.1 cm³/mol. The van der Waals surface area contributed by atoms with Gasteiger partial charge in [0.15, 0.2) is 14.8 Å². The van der Waals surface area contributed by atoms with Crippen LogP contribution in [0.3, 0.4) is 0 Å². The SMILES string of the molecule is C[SiH](C)O[C@@]1(C(C)(C)C)O[C@H](CO)[C@@H](O)[C@H](O)[C@H]1O. The van der Waals surface area contributed by atoms with Crippen LogP contribution in [-0.4, -0.2) is 66.3 Å². The summed E-state index contributed by atoms with van der Waals surface area (Å²) in [7, 11) is -1.59. The summed E-state index contributed by atoms with van der Waals surface area (Å²) in [6.07, 6.45) is -5.11. The first kappa shape index (κ1) is 17.0. The van der Waals surface area contributed by atoms with Gasteiger partial charge in [0, 0.05) is 5.41 Å². The second-order valence-corrected chi connectivity index (χ2v) is 8.68. The molecule has 0 bridgehead atoms. The van der Waals surface area contributed by atoms with Crippen LogP contribution in [0, 0.1) is 5.41 Å². The van der Waals surface area contributed by atoms with Crippen LogP contribution in [-0.2, 0) is 9.16 Å². The Morgan fingerprint density at radius 2 is 1.68 bits per heavy atom. The molecule has 4 N–H and O–H groups in total. The number of hydrogen-bond donors (Lipinski definition) is 4. The predicted octanol–water partition coefficient (Wildman–Crippen LogP) is -0.797. The zero-order valence-electron chi connectivity index (χ0n) is 12.2. The van der Waals surface area contributed by atoms with Gasteiger partial charge in [-0.25, -0.2) is 0 Å². The van der Waals surface area contributed by atoms with Crippen molar-refractivity contribution >= 4 is 9.04 Å². The Morgan fingerprint density at radius 1 is 1.16 bits per heavy atom. The fourth-order valence-corrected chi connectivity index (χ4v) is 3.63. The first-order valence-electron chi connectivity index (χ1n) is 6.57. The first-order chi connectivity index (χ1) is 8.56. The standard InChI is InChI=1S/C12H26O6Si/c1-11(2,3)12(18-19(4)5)10(16)9(15)8(14)7(6-13)17-12/h7-10,13-16,19H,6H2,1-5H3/t7-,8-,9+,10-,12+/m1/s1. The minimum absolute atomic E-state index is 0.453. The Balaban J connectivity index is 3.20. The number of rotatable bonds is 3. The van der Waals surface area contributed by atoms with E-state index in [0.29, 0.717) is 0 Å². The number of ether oxygens (including phenoxy) is 1. The topological polar surface area (TPSA) is 99.4 Å². The molecule has 0 radical (unpaired) electrons. The molecule has 0 aliphatic carbocycles. The largest absolute Gasteiger partial charge is 0.394 e. The van der Waals surface area contributed by atoms with Crippen molar-refractivity contribution in [3.8, 4) is 0 Å². The maximum atomic E-state index is 10.3.